The fourth-order valence-electron chi connectivity index (χ4n) is 2.16. The highest BCUT2D eigenvalue weighted by atomic mass is 32.1. The molecule has 2 nitrogen and oxygen atoms in total. The Morgan fingerprint density at radius 2 is 2.00 bits per heavy atom. The number of hydrazine groups is 1. The second-order valence-electron chi connectivity index (χ2n) is 4.50. The minimum absolute atomic E-state index is 0.361. The number of rotatable bonds is 4. The summed E-state index contributed by atoms with van der Waals surface area (Å²) in [5.41, 5.74) is 2.66. The molecule has 0 aliphatic rings. The number of halogens is 4. The van der Waals surface area contributed by atoms with Gasteiger partial charge in [-0.1, -0.05) is 13.0 Å². The summed E-state index contributed by atoms with van der Waals surface area (Å²) in [6.07, 6.45) is -3.94. The Labute approximate surface area is 123 Å². The van der Waals surface area contributed by atoms with Crippen LogP contribution in [-0.4, -0.2) is 0 Å². The highest BCUT2D eigenvalue weighted by molar-refractivity contribution is 7.10. The van der Waals surface area contributed by atoms with E-state index in [1.54, 1.807) is 0 Å². The smallest absolute Gasteiger partial charge is 0.271 e. The van der Waals surface area contributed by atoms with Gasteiger partial charge in [-0.05, 0) is 41.1 Å². The van der Waals surface area contributed by atoms with E-state index in [1.807, 2.05) is 18.4 Å². The maximum atomic E-state index is 13.7. The second kappa shape index (κ2) is 6.13. The standard InChI is InChI=1S/C14H14F4N2S/c1-2-8-5-6-21-13(8)12(20-19)9-3-4-10(11(15)7-9)14(16,17)18/h3-7,12,20H,2,19H2,1H3. The lowest BCUT2D eigenvalue weighted by molar-refractivity contribution is -0.140. The van der Waals surface area contributed by atoms with E-state index in [0.29, 0.717) is 5.56 Å². The van der Waals surface area contributed by atoms with E-state index in [1.165, 1.54) is 17.4 Å². The fourth-order valence-corrected chi connectivity index (χ4v) is 3.24. The summed E-state index contributed by atoms with van der Waals surface area (Å²) >= 11 is 1.43. The Morgan fingerprint density at radius 1 is 1.29 bits per heavy atom. The molecule has 1 aromatic heterocycles. The van der Waals surface area contributed by atoms with Gasteiger partial charge in [-0.2, -0.15) is 13.2 Å². The third kappa shape index (κ3) is 3.25. The first-order valence-corrected chi connectivity index (χ1v) is 7.15. The van der Waals surface area contributed by atoms with Gasteiger partial charge in [0.25, 0.3) is 0 Å². The maximum absolute atomic E-state index is 13.7. The zero-order chi connectivity index (χ0) is 15.6. The average molecular weight is 318 g/mol. The number of hydrogen-bond acceptors (Lipinski definition) is 3. The van der Waals surface area contributed by atoms with Crippen molar-refractivity contribution in [3.8, 4) is 0 Å². The zero-order valence-corrected chi connectivity index (χ0v) is 12.0. The van der Waals surface area contributed by atoms with Gasteiger partial charge in [-0.25, -0.2) is 9.82 Å². The molecule has 0 spiro atoms. The number of alkyl halides is 3. The van der Waals surface area contributed by atoms with Gasteiger partial charge in [0.05, 0.1) is 11.6 Å². The monoisotopic (exact) mass is 318 g/mol. The topological polar surface area (TPSA) is 38.0 Å². The number of nitrogens with one attached hydrogen (secondary N) is 1. The summed E-state index contributed by atoms with van der Waals surface area (Å²) < 4.78 is 51.4. The van der Waals surface area contributed by atoms with Crippen molar-refractivity contribution in [2.75, 3.05) is 0 Å². The summed E-state index contributed by atoms with van der Waals surface area (Å²) in [5, 5.41) is 1.87. The Kier molecular flexibility index (Phi) is 4.65. The van der Waals surface area contributed by atoms with E-state index in [-0.39, 0.29) is 0 Å². The van der Waals surface area contributed by atoms with Crippen LogP contribution in [-0.2, 0) is 12.6 Å². The minimum atomic E-state index is -4.70. The van der Waals surface area contributed by atoms with Gasteiger partial charge in [-0.15, -0.1) is 11.3 Å². The van der Waals surface area contributed by atoms with Gasteiger partial charge >= 0.3 is 6.18 Å². The lowest BCUT2D eigenvalue weighted by Crippen LogP contribution is -2.29. The molecule has 1 unspecified atom stereocenters. The molecule has 0 aliphatic carbocycles. The summed E-state index contributed by atoms with van der Waals surface area (Å²) in [4.78, 5) is 0.874. The molecule has 0 radical (unpaired) electrons. The van der Waals surface area contributed by atoms with E-state index < -0.39 is 23.6 Å². The molecule has 0 amide bonds. The first-order valence-electron chi connectivity index (χ1n) is 6.27. The molecule has 1 atom stereocenters. The third-order valence-corrected chi connectivity index (χ3v) is 4.25. The molecule has 7 heteroatoms. The molecule has 1 aromatic carbocycles. The SMILES string of the molecule is CCc1ccsc1C(NN)c1ccc(C(F)(F)F)c(F)c1. The molecule has 1 heterocycles. The van der Waals surface area contributed by atoms with Crippen molar-refractivity contribution < 1.29 is 17.6 Å². The Balaban J connectivity index is 2.43. The quantitative estimate of drug-likeness (QED) is 0.507. The molecule has 2 rings (SSSR count). The number of benzene rings is 1. The van der Waals surface area contributed by atoms with Crippen molar-refractivity contribution in [1.82, 2.24) is 5.43 Å². The maximum Gasteiger partial charge on any atom is 0.419 e. The molecule has 2 aromatic rings. The summed E-state index contributed by atoms with van der Waals surface area (Å²) in [7, 11) is 0. The summed E-state index contributed by atoms with van der Waals surface area (Å²) in [6.45, 7) is 1.96. The summed E-state index contributed by atoms with van der Waals surface area (Å²) in [5.74, 6) is 4.21. The molecule has 114 valence electrons. The van der Waals surface area contributed by atoms with Crippen LogP contribution in [0.15, 0.2) is 29.6 Å². The van der Waals surface area contributed by atoms with Crippen LogP contribution in [0.25, 0.3) is 0 Å². The zero-order valence-electron chi connectivity index (χ0n) is 11.2. The Bertz CT molecular complexity index is 622. The van der Waals surface area contributed by atoms with Crippen LogP contribution in [0.5, 0.6) is 0 Å². The third-order valence-electron chi connectivity index (χ3n) is 3.22. The van der Waals surface area contributed by atoms with Crippen LogP contribution < -0.4 is 11.3 Å². The molecule has 0 aliphatic heterocycles. The van der Waals surface area contributed by atoms with E-state index in [9.17, 15) is 17.6 Å². The van der Waals surface area contributed by atoms with Gasteiger partial charge < -0.3 is 0 Å². The number of aryl methyl sites for hydroxylation is 1. The van der Waals surface area contributed by atoms with Crippen molar-refractivity contribution in [3.63, 3.8) is 0 Å². The van der Waals surface area contributed by atoms with Gasteiger partial charge in [0.15, 0.2) is 0 Å². The number of thiophene rings is 1. The first kappa shape index (κ1) is 15.9. The van der Waals surface area contributed by atoms with Crippen molar-refractivity contribution in [1.29, 1.82) is 0 Å². The van der Waals surface area contributed by atoms with Crippen LogP contribution in [0.4, 0.5) is 17.6 Å². The summed E-state index contributed by atoms with van der Waals surface area (Å²) in [6, 6.07) is 4.26. The van der Waals surface area contributed by atoms with Crippen LogP contribution in [0.3, 0.4) is 0 Å². The highest BCUT2D eigenvalue weighted by Crippen LogP contribution is 2.35. The molecule has 21 heavy (non-hydrogen) atoms. The predicted molar refractivity (Wildman–Crippen MR) is 74.3 cm³/mol. The number of nitrogens with two attached hydrogens (primary N) is 1. The normalized spacial score (nSPS) is 13.4. The van der Waals surface area contributed by atoms with Crippen molar-refractivity contribution in [2.45, 2.75) is 25.6 Å². The second-order valence-corrected chi connectivity index (χ2v) is 5.45. The van der Waals surface area contributed by atoms with Gasteiger partial charge in [-0.3, -0.25) is 5.84 Å². The van der Waals surface area contributed by atoms with Crippen molar-refractivity contribution >= 4 is 11.3 Å². The van der Waals surface area contributed by atoms with Gasteiger partial charge in [0.1, 0.15) is 5.82 Å². The first-order chi connectivity index (χ1) is 9.88. The Hall–Kier alpha value is -1.44. The highest BCUT2D eigenvalue weighted by Gasteiger charge is 2.34. The van der Waals surface area contributed by atoms with Crippen LogP contribution in [0.2, 0.25) is 0 Å². The van der Waals surface area contributed by atoms with E-state index in [4.69, 9.17) is 5.84 Å². The Morgan fingerprint density at radius 3 is 2.52 bits per heavy atom. The van der Waals surface area contributed by atoms with Crippen molar-refractivity contribution in [2.24, 2.45) is 5.84 Å². The lowest BCUT2D eigenvalue weighted by atomic mass is 10.0. The molecule has 0 saturated carbocycles. The average Bonchev–Trinajstić information content (AvgIpc) is 2.86. The van der Waals surface area contributed by atoms with E-state index >= 15 is 0 Å². The van der Waals surface area contributed by atoms with Crippen LogP contribution in [0, 0.1) is 5.82 Å². The van der Waals surface area contributed by atoms with Crippen molar-refractivity contribution in [3.05, 3.63) is 57.0 Å². The van der Waals surface area contributed by atoms with Crippen LogP contribution >= 0.6 is 11.3 Å². The predicted octanol–water partition coefficient (Wildman–Crippen LogP) is 4.02. The largest absolute Gasteiger partial charge is 0.419 e. The molecular weight excluding hydrogens is 304 g/mol. The fraction of sp³-hybridized carbons (Fsp3) is 0.286. The minimum Gasteiger partial charge on any atom is -0.271 e. The number of hydrogen-bond donors (Lipinski definition) is 2. The van der Waals surface area contributed by atoms with E-state index in [0.717, 1.165) is 29.0 Å². The lowest BCUT2D eigenvalue weighted by Gasteiger charge is -2.18. The molecule has 0 bridgehead atoms. The van der Waals surface area contributed by atoms with Gasteiger partial charge in [0.2, 0.25) is 0 Å². The molecule has 0 fully saturated rings. The molecule has 3 N–H and O–H groups in total. The molecule has 0 saturated heterocycles. The molecular formula is C14H14F4N2S. The van der Waals surface area contributed by atoms with Gasteiger partial charge in [0, 0.05) is 4.88 Å². The van der Waals surface area contributed by atoms with Crippen LogP contribution in [0.1, 0.15) is 34.5 Å². The van der Waals surface area contributed by atoms with E-state index in [2.05, 4.69) is 5.43 Å².